The lowest BCUT2D eigenvalue weighted by Gasteiger charge is -2.38. The molecule has 0 saturated carbocycles. The maximum Gasteiger partial charge on any atom is 0.123 e. The molecule has 1 aromatic carbocycles. The second-order valence-electron chi connectivity index (χ2n) is 5.68. The van der Waals surface area contributed by atoms with Gasteiger partial charge in [0.15, 0.2) is 0 Å². The van der Waals surface area contributed by atoms with Gasteiger partial charge in [-0.15, -0.1) is 0 Å². The van der Waals surface area contributed by atoms with Crippen LogP contribution in [0.1, 0.15) is 37.8 Å². The highest BCUT2D eigenvalue weighted by Gasteiger charge is 2.24. The fraction of sp³-hybridized carbons (Fsp3) is 0.625. The Kier molecular flexibility index (Phi) is 4.83. The number of piperidine rings is 1. The Labute approximate surface area is 116 Å². The monoisotopic (exact) mass is 262 g/mol. The number of hydrogen-bond donors (Lipinski definition) is 1. The highest BCUT2D eigenvalue weighted by Crippen LogP contribution is 2.26. The lowest BCUT2D eigenvalue weighted by atomic mass is 9.91. The SMILES string of the molecule is COc1ccc(CN2CCCC(C)C2C)cc1CN. The highest BCUT2D eigenvalue weighted by atomic mass is 16.5. The number of methoxy groups -OCH3 is 1. The first-order chi connectivity index (χ1) is 9.15. The molecule has 19 heavy (non-hydrogen) atoms. The van der Waals surface area contributed by atoms with E-state index in [9.17, 15) is 0 Å². The summed E-state index contributed by atoms with van der Waals surface area (Å²) in [6, 6.07) is 7.04. The number of benzene rings is 1. The van der Waals surface area contributed by atoms with Gasteiger partial charge in [0.05, 0.1) is 7.11 Å². The summed E-state index contributed by atoms with van der Waals surface area (Å²) in [6.45, 7) is 7.45. The summed E-state index contributed by atoms with van der Waals surface area (Å²) >= 11 is 0. The molecular formula is C16H26N2O. The van der Waals surface area contributed by atoms with Crippen molar-refractivity contribution in [3.05, 3.63) is 29.3 Å². The molecule has 106 valence electrons. The summed E-state index contributed by atoms with van der Waals surface area (Å²) in [5.74, 6) is 1.69. The van der Waals surface area contributed by atoms with Gasteiger partial charge in [0, 0.05) is 24.7 Å². The van der Waals surface area contributed by atoms with Crippen molar-refractivity contribution in [3.63, 3.8) is 0 Å². The van der Waals surface area contributed by atoms with Gasteiger partial charge >= 0.3 is 0 Å². The smallest absolute Gasteiger partial charge is 0.123 e. The van der Waals surface area contributed by atoms with Crippen LogP contribution in [-0.4, -0.2) is 24.6 Å². The van der Waals surface area contributed by atoms with Crippen LogP contribution in [0.5, 0.6) is 5.75 Å². The van der Waals surface area contributed by atoms with Crippen LogP contribution in [0.3, 0.4) is 0 Å². The molecule has 3 heteroatoms. The van der Waals surface area contributed by atoms with E-state index in [-0.39, 0.29) is 0 Å². The molecule has 2 unspecified atom stereocenters. The number of hydrogen-bond acceptors (Lipinski definition) is 3. The van der Waals surface area contributed by atoms with E-state index < -0.39 is 0 Å². The predicted octanol–water partition coefficient (Wildman–Crippen LogP) is 2.77. The molecule has 0 spiro atoms. The molecular weight excluding hydrogens is 236 g/mol. The Morgan fingerprint density at radius 2 is 2.16 bits per heavy atom. The van der Waals surface area contributed by atoms with Crippen molar-refractivity contribution in [2.24, 2.45) is 11.7 Å². The second-order valence-corrected chi connectivity index (χ2v) is 5.68. The van der Waals surface area contributed by atoms with Crippen LogP contribution in [-0.2, 0) is 13.1 Å². The van der Waals surface area contributed by atoms with Crippen molar-refractivity contribution in [1.29, 1.82) is 0 Å². The maximum atomic E-state index is 5.78. The quantitative estimate of drug-likeness (QED) is 0.907. The van der Waals surface area contributed by atoms with E-state index in [0.29, 0.717) is 12.6 Å². The molecule has 1 fully saturated rings. The largest absolute Gasteiger partial charge is 0.496 e. The zero-order chi connectivity index (χ0) is 13.8. The third-order valence-electron chi connectivity index (χ3n) is 4.45. The second kappa shape index (κ2) is 6.40. The number of likely N-dealkylation sites (tertiary alicyclic amines) is 1. The standard InChI is InChI=1S/C16H26N2O/c1-12-5-4-8-18(13(12)2)11-14-6-7-16(19-3)15(9-14)10-17/h6-7,9,12-13H,4-5,8,10-11,17H2,1-3H3. The molecule has 0 aliphatic carbocycles. The molecule has 0 bridgehead atoms. The van der Waals surface area contributed by atoms with E-state index in [1.165, 1.54) is 24.9 Å². The van der Waals surface area contributed by atoms with Crippen LogP contribution in [0.4, 0.5) is 0 Å². The normalized spacial score (nSPS) is 24.4. The predicted molar refractivity (Wildman–Crippen MR) is 79.2 cm³/mol. The number of rotatable bonds is 4. The Morgan fingerprint density at radius 3 is 2.84 bits per heavy atom. The average Bonchev–Trinajstić information content (AvgIpc) is 2.43. The van der Waals surface area contributed by atoms with E-state index in [0.717, 1.165) is 23.8 Å². The van der Waals surface area contributed by atoms with Gasteiger partial charge in [0.1, 0.15) is 5.75 Å². The van der Waals surface area contributed by atoms with Crippen LogP contribution in [0.15, 0.2) is 18.2 Å². The topological polar surface area (TPSA) is 38.5 Å². The minimum atomic E-state index is 0.531. The third-order valence-corrected chi connectivity index (χ3v) is 4.45. The Morgan fingerprint density at radius 1 is 1.37 bits per heavy atom. The van der Waals surface area contributed by atoms with E-state index in [4.69, 9.17) is 10.5 Å². The van der Waals surface area contributed by atoms with Crippen molar-refractivity contribution in [2.75, 3.05) is 13.7 Å². The van der Waals surface area contributed by atoms with Gasteiger partial charge < -0.3 is 10.5 Å². The van der Waals surface area contributed by atoms with Crippen LogP contribution in [0.25, 0.3) is 0 Å². The third kappa shape index (κ3) is 3.28. The molecule has 0 amide bonds. The van der Waals surface area contributed by atoms with Crippen molar-refractivity contribution in [2.45, 2.75) is 45.8 Å². The first kappa shape index (κ1) is 14.4. The Hall–Kier alpha value is -1.06. The van der Waals surface area contributed by atoms with Gasteiger partial charge in [0.2, 0.25) is 0 Å². The van der Waals surface area contributed by atoms with E-state index in [1.807, 2.05) is 6.07 Å². The summed E-state index contributed by atoms with van der Waals surface area (Å²) in [4.78, 5) is 2.58. The summed E-state index contributed by atoms with van der Waals surface area (Å²) in [6.07, 6.45) is 2.67. The fourth-order valence-corrected chi connectivity index (χ4v) is 2.97. The molecule has 1 aliphatic rings. The zero-order valence-electron chi connectivity index (χ0n) is 12.4. The molecule has 0 radical (unpaired) electrons. The molecule has 1 saturated heterocycles. The van der Waals surface area contributed by atoms with Crippen LogP contribution in [0, 0.1) is 5.92 Å². The molecule has 2 rings (SSSR count). The van der Waals surface area contributed by atoms with E-state index in [2.05, 4.69) is 30.9 Å². The number of ether oxygens (including phenoxy) is 1. The summed E-state index contributed by atoms with van der Waals surface area (Å²) in [7, 11) is 1.70. The molecule has 1 aromatic rings. The maximum absolute atomic E-state index is 5.78. The van der Waals surface area contributed by atoms with Gasteiger partial charge in [-0.2, -0.15) is 0 Å². The van der Waals surface area contributed by atoms with Crippen molar-refractivity contribution >= 4 is 0 Å². The lowest BCUT2D eigenvalue weighted by Crippen LogP contribution is -2.41. The fourth-order valence-electron chi connectivity index (χ4n) is 2.97. The molecule has 3 nitrogen and oxygen atoms in total. The van der Waals surface area contributed by atoms with Gasteiger partial charge in [-0.05, 0) is 49.9 Å². The Balaban J connectivity index is 2.10. The van der Waals surface area contributed by atoms with Gasteiger partial charge in [0.25, 0.3) is 0 Å². The number of nitrogens with two attached hydrogens (primary N) is 1. The van der Waals surface area contributed by atoms with Gasteiger partial charge in [-0.25, -0.2) is 0 Å². The van der Waals surface area contributed by atoms with Crippen molar-refractivity contribution in [3.8, 4) is 5.75 Å². The molecule has 2 N–H and O–H groups in total. The average molecular weight is 262 g/mol. The van der Waals surface area contributed by atoms with Gasteiger partial charge in [-0.1, -0.05) is 13.0 Å². The summed E-state index contributed by atoms with van der Waals surface area (Å²) in [5.41, 5.74) is 8.21. The van der Waals surface area contributed by atoms with E-state index >= 15 is 0 Å². The molecule has 1 aliphatic heterocycles. The highest BCUT2D eigenvalue weighted by molar-refractivity contribution is 5.37. The van der Waals surface area contributed by atoms with Crippen LogP contribution in [0.2, 0.25) is 0 Å². The zero-order valence-corrected chi connectivity index (χ0v) is 12.4. The number of nitrogens with zero attached hydrogens (tertiary/aromatic N) is 1. The molecule has 1 heterocycles. The van der Waals surface area contributed by atoms with Gasteiger partial charge in [-0.3, -0.25) is 4.90 Å². The molecule has 0 aromatic heterocycles. The van der Waals surface area contributed by atoms with Crippen LogP contribution < -0.4 is 10.5 Å². The first-order valence-electron chi connectivity index (χ1n) is 7.25. The Bertz CT molecular complexity index is 419. The lowest BCUT2D eigenvalue weighted by molar-refractivity contribution is 0.106. The summed E-state index contributed by atoms with van der Waals surface area (Å²) in [5, 5.41) is 0. The van der Waals surface area contributed by atoms with Crippen molar-refractivity contribution in [1.82, 2.24) is 4.90 Å². The van der Waals surface area contributed by atoms with Crippen LogP contribution >= 0.6 is 0 Å². The summed E-state index contributed by atoms with van der Waals surface area (Å²) < 4.78 is 5.33. The van der Waals surface area contributed by atoms with E-state index in [1.54, 1.807) is 7.11 Å². The molecule has 2 atom stereocenters. The minimum Gasteiger partial charge on any atom is -0.496 e. The first-order valence-corrected chi connectivity index (χ1v) is 7.25. The minimum absolute atomic E-state index is 0.531. The van der Waals surface area contributed by atoms with Crippen molar-refractivity contribution < 1.29 is 4.74 Å².